The molecule has 2 aromatic rings. The summed E-state index contributed by atoms with van der Waals surface area (Å²) in [4.78, 5) is -0.324. The van der Waals surface area contributed by atoms with E-state index in [0.29, 0.717) is 5.56 Å². The fourth-order valence-electron chi connectivity index (χ4n) is 3.28. The molecule has 0 N–H and O–H groups in total. The average Bonchev–Trinajstić information content (AvgIpc) is 3.04. The van der Waals surface area contributed by atoms with Gasteiger partial charge in [0.2, 0.25) is 0 Å². The van der Waals surface area contributed by atoms with Crippen molar-refractivity contribution in [1.29, 1.82) is 0 Å². The molecule has 0 nitrogen and oxygen atoms in total. The van der Waals surface area contributed by atoms with Crippen LogP contribution in [0.25, 0.3) is 0 Å². The Morgan fingerprint density at radius 3 is 2.19 bits per heavy atom. The van der Waals surface area contributed by atoms with Crippen molar-refractivity contribution in [2.45, 2.75) is 43.9 Å². The fraction of sp³-hybridized carbons (Fsp3) is 0.368. The van der Waals surface area contributed by atoms with E-state index in [1.165, 1.54) is 11.1 Å². The average molecular weight is 303 g/mol. The second kappa shape index (κ2) is 5.14. The summed E-state index contributed by atoms with van der Waals surface area (Å²) in [6, 6.07) is 14.1. The lowest BCUT2D eigenvalue weighted by atomic mass is 10.0. The number of hydrogen-bond donors (Lipinski definition) is 0. The van der Waals surface area contributed by atoms with Crippen LogP contribution in [-0.4, -0.2) is 4.87 Å². The number of hydrogen-bond acceptors (Lipinski definition) is 0. The quantitative estimate of drug-likeness (QED) is 0.650. The summed E-state index contributed by atoms with van der Waals surface area (Å²) in [5.74, 6) is 0.292. The summed E-state index contributed by atoms with van der Waals surface area (Å²) in [5.41, 5.74) is 4.25. The van der Waals surface area contributed by atoms with E-state index in [0.717, 1.165) is 12.0 Å². The van der Waals surface area contributed by atoms with Gasteiger partial charge < -0.3 is 0 Å². The molecule has 0 spiro atoms. The lowest BCUT2D eigenvalue weighted by Crippen LogP contribution is -1.96. The number of aryl methyl sites for hydroxylation is 2. The van der Waals surface area contributed by atoms with Gasteiger partial charge in [-0.3, -0.25) is 0 Å². The smallest absolute Gasteiger partial charge is 0.126 e. The molecule has 0 bridgehead atoms. The Labute approximate surface area is 131 Å². The van der Waals surface area contributed by atoms with E-state index in [4.69, 9.17) is 11.6 Å². The van der Waals surface area contributed by atoms with Crippen molar-refractivity contribution in [2.75, 3.05) is 0 Å². The first-order valence-corrected chi connectivity index (χ1v) is 7.86. The molecule has 3 unspecified atom stereocenters. The molecule has 2 heteroatoms. The van der Waals surface area contributed by atoms with Crippen molar-refractivity contribution >= 4 is 11.6 Å². The van der Waals surface area contributed by atoms with E-state index >= 15 is 0 Å². The van der Waals surface area contributed by atoms with Crippen LogP contribution in [0.5, 0.6) is 0 Å². The van der Waals surface area contributed by atoms with Crippen LogP contribution >= 0.6 is 11.6 Å². The number of benzene rings is 2. The van der Waals surface area contributed by atoms with Gasteiger partial charge in [-0.15, -0.1) is 11.6 Å². The van der Waals surface area contributed by atoms with Crippen molar-refractivity contribution in [2.24, 2.45) is 0 Å². The van der Waals surface area contributed by atoms with Gasteiger partial charge in [0, 0.05) is 11.8 Å². The Balaban J connectivity index is 1.91. The molecule has 110 valence electrons. The molecule has 0 aliphatic heterocycles. The molecule has 3 atom stereocenters. The normalized spacial score (nSPS) is 27.7. The molecule has 0 saturated heterocycles. The Kier molecular flexibility index (Phi) is 3.57. The Hall–Kier alpha value is -1.34. The van der Waals surface area contributed by atoms with Crippen molar-refractivity contribution in [3.05, 3.63) is 70.5 Å². The van der Waals surface area contributed by atoms with E-state index in [2.05, 4.69) is 38.1 Å². The molecule has 0 radical (unpaired) electrons. The first-order chi connectivity index (χ1) is 9.95. The third-order valence-electron chi connectivity index (χ3n) is 4.74. The van der Waals surface area contributed by atoms with Gasteiger partial charge in [0.15, 0.2) is 0 Å². The summed E-state index contributed by atoms with van der Waals surface area (Å²) in [6.07, 6.45) is 1.04. The largest absolute Gasteiger partial charge is 0.207 e. The first kappa shape index (κ1) is 14.6. The van der Waals surface area contributed by atoms with Gasteiger partial charge >= 0.3 is 0 Å². The zero-order chi connectivity index (χ0) is 15.2. The van der Waals surface area contributed by atoms with Crippen molar-refractivity contribution in [1.82, 2.24) is 0 Å². The predicted octanol–water partition coefficient (Wildman–Crippen LogP) is 5.58. The summed E-state index contributed by atoms with van der Waals surface area (Å²) in [6.45, 7) is 5.98. The summed E-state index contributed by atoms with van der Waals surface area (Å²) in [7, 11) is 0. The summed E-state index contributed by atoms with van der Waals surface area (Å²) in [5, 5.41) is 0. The SMILES string of the molecule is CCc1ccc(C2C(c3ccc(C)c(F)c3)C2(C)Cl)cc1. The van der Waals surface area contributed by atoms with Gasteiger partial charge in [-0.05, 0) is 48.6 Å². The topological polar surface area (TPSA) is 0 Å². The van der Waals surface area contributed by atoms with Crippen LogP contribution in [-0.2, 0) is 6.42 Å². The third-order valence-corrected chi connectivity index (χ3v) is 5.21. The number of rotatable bonds is 3. The minimum absolute atomic E-state index is 0.146. The molecule has 1 aliphatic carbocycles. The molecule has 1 fully saturated rings. The molecule has 0 amide bonds. The molecule has 2 aromatic carbocycles. The van der Waals surface area contributed by atoms with Crippen LogP contribution in [0.1, 0.15) is 47.9 Å². The Morgan fingerprint density at radius 1 is 1.05 bits per heavy atom. The third kappa shape index (κ3) is 2.48. The molecular formula is C19H20ClF. The van der Waals surface area contributed by atoms with E-state index < -0.39 is 0 Å². The van der Waals surface area contributed by atoms with Gasteiger partial charge in [0.25, 0.3) is 0 Å². The highest BCUT2D eigenvalue weighted by Gasteiger charge is 2.61. The standard InChI is InChI=1S/C19H20ClF/c1-4-13-6-9-14(10-7-13)17-18(19(17,3)20)15-8-5-12(2)16(21)11-15/h5-11,17-18H,4H2,1-3H3. The van der Waals surface area contributed by atoms with E-state index in [9.17, 15) is 4.39 Å². The molecule has 1 aliphatic rings. The number of halogens is 2. The predicted molar refractivity (Wildman–Crippen MR) is 86.7 cm³/mol. The van der Waals surface area contributed by atoms with E-state index in [-0.39, 0.29) is 22.5 Å². The van der Waals surface area contributed by atoms with Crippen LogP contribution in [0.3, 0.4) is 0 Å². The Morgan fingerprint density at radius 2 is 1.62 bits per heavy atom. The number of alkyl halides is 1. The highest BCUT2D eigenvalue weighted by Crippen LogP contribution is 2.67. The zero-order valence-electron chi connectivity index (χ0n) is 12.7. The highest BCUT2D eigenvalue weighted by molar-refractivity contribution is 6.27. The van der Waals surface area contributed by atoms with Crippen LogP contribution in [0.15, 0.2) is 42.5 Å². The summed E-state index contributed by atoms with van der Waals surface area (Å²) >= 11 is 6.69. The summed E-state index contributed by atoms with van der Waals surface area (Å²) < 4.78 is 13.8. The van der Waals surface area contributed by atoms with Gasteiger partial charge in [0.1, 0.15) is 5.82 Å². The lowest BCUT2D eigenvalue weighted by Gasteiger charge is -2.04. The van der Waals surface area contributed by atoms with E-state index in [1.807, 2.05) is 12.1 Å². The van der Waals surface area contributed by atoms with Crippen LogP contribution in [0, 0.1) is 12.7 Å². The highest BCUT2D eigenvalue weighted by atomic mass is 35.5. The maximum absolute atomic E-state index is 13.8. The van der Waals surface area contributed by atoms with Gasteiger partial charge in [-0.25, -0.2) is 4.39 Å². The maximum Gasteiger partial charge on any atom is 0.126 e. The zero-order valence-corrected chi connectivity index (χ0v) is 13.4. The van der Waals surface area contributed by atoms with Gasteiger partial charge in [-0.2, -0.15) is 0 Å². The first-order valence-electron chi connectivity index (χ1n) is 7.49. The minimum atomic E-state index is -0.324. The maximum atomic E-state index is 13.8. The lowest BCUT2D eigenvalue weighted by molar-refractivity contribution is 0.616. The van der Waals surface area contributed by atoms with Crippen LogP contribution in [0.4, 0.5) is 4.39 Å². The monoisotopic (exact) mass is 302 g/mol. The molecular weight excluding hydrogens is 283 g/mol. The molecule has 1 saturated carbocycles. The van der Waals surface area contributed by atoms with Crippen molar-refractivity contribution in [3.63, 3.8) is 0 Å². The van der Waals surface area contributed by atoms with Gasteiger partial charge in [0.05, 0.1) is 4.87 Å². The van der Waals surface area contributed by atoms with E-state index in [1.54, 1.807) is 13.0 Å². The van der Waals surface area contributed by atoms with Gasteiger partial charge in [-0.1, -0.05) is 43.3 Å². The Bertz CT molecular complexity index is 658. The molecule has 0 aromatic heterocycles. The fourth-order valence-corrected chi connectivity index (χ4v) is 3.72. The molecule has 21 heavy (non-hydrogen) atoms. The second-order valence-electron chi connectivity index (χ2n) is 6.21. The molecule has 3 rings (SSSR count). The second-order valence-corrected chi connectivity index (χ2v) is 7.02. The van der Waals surface area contributed by atoms with Crippen LogP contribution in [0.2, 0.25) is 0 Å². The van der Waals surface area contributed by atoms with Crippen molar-refractivity contribution in [3.8, 4) is 0 Å². The minimum Gasteiger partial charge on any atom is -0.207 e. The van der Waals surface area contributed by atoms with Crippen molar-refractivity contribution < 1.29 is 4.39 Å². The van der Waals surface area contributed by atoms with Crippen LogP contribution < -0.4 is 0 Å². The molecule has 0 heterocycles.